The van der Waals surface area contributed by atoms with E-state index >= 15 is 0 Å². The number of allylic oxidation sites excluding steroid dienone is 1. The molecule has 1 aliphatic rings. The fourth-order valence-electron chi connectivity index (χ4n) is 1.37. The SMILES string of the molecule is N=C1CC(=O)/C(=C/c2cc(O)ccc2O)S1. The zero-order valence-corrected chi connectivity index (χ0v) is 9.04. The van der Waals surface area contributed by atoms with Gasteiger partial charge in [0.15, 0.2) is 5.78 Å². The maximum Gasteiger partial charge on any atom is 0.176 e. The molecule has 2 rings (SSSR count). The minimum atomic E-state index is -0.127. The molecule has 0 atom stereocenters. The molecule has 0 amide bonds. The van der Waals surface area contributed by atoms with Crippen LogP contribution in [-0.2, 0) is 4.79 Å². The Morgan fingerprint density at radius 1 is 1.38 bits per heavy atom. The fourth-order valence-corrected chi connectivity index (χ4v) is 2.21. The molecular formula is C11H9NO3S. The summed E-state index contributed by atoms with van der Waals surface area (Å²) in [6, 6.07) is 4.10. The van der Waals surface area contributed by atoms with E-state index in [-0.39, 0.29) is 23.7 Å². The Balaban J connectivity index is 2.39. The maximum atomic E-state index is 11.4. The van der Waals surface area contributed by atoms with Crippen LogP contribution >= 0.6 is 11.8 Å². The van der Waals surface area contributed by atoms with Gasteiger partial charge in [0.2, 0.25) is 0 Å². The Bertz CT molecular complexity index is 508. The van der Waals surface area contributed by atoms with Gasteiger partial charge in [-0.3, -0.25) is 10.2 Å². The van der Waals surface area contributed by atoms with Crippen LogP contribution in [0.4, 0.5) is 0 Å². The molecule has 82 valence electrons. The Hall–Kier alpha value is -1.75. The van der Waals surface area contributed by atoms with Crippen molar-refractivity contribution in [1.82, 2.24) is 0 Å². The van der Waals surface area contributed by atoms with E-state index in [0.717, 1.165) is 11.8 Å². The lowest BCUT2D eigenvalue weighted by molar-refractivity contribution is -0.113. The molecule has 0 spiro atoms. The molecule has 0 unspecified atom stereocenters. The lowest BCUT2D eigenvalue weighted by Crippen LogP contribution is -1.91. The van der Waals surface area contributed by atoms with Crippen molar-refractivity contribution in [2.75, 3.05) is 0 Å². The molecule has 5 heteroatoms. The van der Waals surface area contributed by atoms with E-state index in [2.05, 4.69) is 0 Å². The van der Waals surface area contributed by atoms with Crippen molar-refractivity contribution in [2.24, 2.45) is 0 Å². The third-order valence-corrected chi connectivity index (χ3v) is 3.08. The third-order valence-electron chi connectivity index (χ3n) is 2.13. The summed E-state index contributed by atoms with van der Waals surface area (Å²) in [5, 5.41) is 26.4. The summed E-state index contributed by atoms with van der Waals surface area (Å²) in [6.45, 7) is 0. The molecule has 16 heavy (non-hydrogen) atoms. The van der Waals surface area contributed by atoms with Crippen LogP contribution in [0.15, 0.2) is 23.1 Å². The first-order valence-electron chi connectivity index (χ1n) is 4.58. The maximum absolute atomic E-state index is 11.4. The van der Waals surface area contributed by atoms with Gasteiger partial charge in [-0.2, -0.15) is 0 Å². The zero-order chi connectivity index (χ0) is 11.7. The highest BCUT2D eigenvalue weighted by Gasteiger charge is 2.23. The smallest absolute Gasteiger partial charge is 0.176 e. The van der Waals surface area contributed by atoms with E-state index in [1.165, 1.54) is 24.3 Å². The van der Waals surface area contributed by atoms with Crippen molar-refractivity contribution in [2.45, 2.75) is 6.42 Å². The second kappa shape index (κ2) is 4.02. The molecule has 4 nitrogen and oxygen atoms in total. The number of nitrogens with one attached hydrogen (secondary N) is 1. The standard InChI is InChI=1S/C11H9NO3S/c12-11-5-9(15)10(16-11)4-6-3-7(13)1-2-8(6)14/h1-4,12-14H,5H2/b10-4-,12-11?. The van der Waals surface area contributed by atoms with E-state index in [4.69, 9.17) is 5.41 Å². The topological polar surface area (TPSA) is 81.4 Å². The van der Waals surface area contributed by atoms with Gasteiger partial charge < -0.3 is 10.2 Å². The van der Waals surface area contributed by atoms with Crippen LogP contribution in [0.2, 0.25) is 0 Å². The average Bonchev–Trinajstić information content (AvgIpc) is 2.51. The summed E-state index contributed by atoms with van der Waals surface area (Å²) in [5.41, 5.74) is 0.380. The zero-order valence-electron chi connectivity index (χ0n) is 8.23. The predicted octanol–water partition coefficient (Wildman–Crippen LogP) is 2.12. The highest BCUT2D eigenvalue weighted by molar-refractivity contribution is 8.18. The molecule has 1 fully saturated rings. The van der Waals surface area contributed by atoms with Crippen molar-refractivity contribution >= 4 is 28.7 Å². The Morgan fingerprint density at radius 3 is 2.75 bits per heavy atom. The number of Topliss-reactive ketones (excluding diaryl/α,β-unsaturated/α-hetero) is 1. The van der Waals surface area contributed by atoms with Gasteiger partial charge in [0, 0.05) is 5.56 Å². The molecule has 3 N–H and O–H groups in total. The summed E-state index contributed by atoms with van der Waals surface area (Å²) in [7, 11) is 0. The molecule has 0 radical (unpaired) electrons. The van der Waals surface area contributed by atoms with Gasteiger partial charge in [0.25, 0.3) is 0 Å². The van der Waals surface area contributed by atoms with Crippen LogP contribution in [0.1, 0.15) is 12.0 Å². The Morgan fingerprint density at radius 2 is 2.12 bits per heavy atom. The summed E-state index contributed by atoms with van der Waals surface area (Å²) < 4.78 is 0. The molecular weight excluding hydrogens is 226 g/mol. The number of hydrogen-bond acceptors (Lipinski definition) is 5. The Kier molecular flexibility index (Phi) is 2.70. The molecule has 0 bridgehead atoms. The number of carbonyl (C=O) groups is 1. The van der Waals surface area contributed by atoms with Crippen LogP contribution in [0.5, 0.6) is 11.5 Å². The molecule has 0 aliphatic carbocycles. The van der Waals surface area contributed by atoms with Crippen molar-refractivity contribution in [3.63, 3.8) is 0 Å². The van der Waals surface area contributed by atoms with Crippen LogP contribution < -0.4 is 0 Å². The van der Waals surface area contributed by atoms with E-state index in [9.17, 15) is 15.0 Å². The molecule has 0 saturated carbocycles. The number of thioether (sulfide) groups is 1. The van der Waals surface area contributed by atoms with Crippen LogP contribution in [0, 0.1) is 5.41 Å². The first kappa shape index (κ1) is 10.8. The molecule has 1 aromatic carbocycles. The highest BCUT2D eigenvalue weighted by Crippen LogP contribution is 2.33. The fraction of sp³-hybridized carbons (Fsp3) is 0.0909. The number of rotatable bonds is 1. The highest BCUT2D eigenvalue weighted by atomic mass is 32.2. The number of ketones is 1. The van der Waals surface area contributed by atoms with E-state index < -0.39 is 0 Å². The molecule has 1 aliphatic heterocycles. The van der Waals surface area contributed by atoms with E-state index in [0.29, 0.717) is 15.5 Å². The minimum absolute atomic E-state index is 0.00266. The van der Waals surface area contributed by atoms with Crippen LogP contribution in [0.3, 0.4) is 0 Å². The molecule has 1 heterocycles. The van der Waals surface area contributed by atoms with Crippen molar-refractivity contribution in [1.29, 1.82) is 5.41 Å². The van der Waals surface area contributed by atoms with Gasteiger partial charge in [-0.05, 0) is 24.3 Å². The first-order valence-corrected chi connectivity index (χ1v) is 5.40. The minimum Gasteiger partial charge on any atom is -0.508 e. The number of aromatic hydroxyl groups is 2. The van der Waals surface area contributed by atoms with Gasteiger partial charge in [0.05, 0.1) is 16.4 Å². The third kappa shape index (κ3) is 2.09. The Labute approximate surface area is 96.1 Å². The van der Waals surface area contributed by atoms with Crippen molar-refractivity contribution < 1.29 is 15.0 Å². The number of phenolic OH excluding ortho intramolecular Hbond substituents is 2. The quantitative estimate of drug-likeness (QED) is 0.514. The number of phenols is 2. The predicted molar refractivity (Wildman–Crippen MR) is 62.7 cm³/mol. The number of benzene rings is 1. The second-order valence-corrected chi connectivity index (χ2v) is 4.51. The van der Waals surface area contributed by atoms with Gasteiger partial charge >= 0.3 is 0 Å². The summed E-state index contributed by atoms with van der Waals surface area (Å²) >= 11 is 1.09. The first-order chi connectivity index (χ1) is 7.56. The van der Waals surface area contributed by atoms with Gasteiger partial charge in [-0.1, -0.05) is 11.8 Å². The van der Waals surface area contributed by atoms with Crippen molar-refractivity contribution in [3.05, 3.63) is 28.7 Å². The van der Waals surface area contributed by atoms with Crippen LogP contribution in [-0.4, -0.2) is 21.0 Å². The normalized spacial score (nSPS) is 18.4. The van der Waals surface area contributed by atoms with Crippen LogP contribution in [0.25, 0.3) is 6.08 Å². The molecule has 0 aromatic heterocycles. The van der Waals surface area contributed by atoms with E-state index in [1.807, 2.05) is 0 Å². The lowest BCUT2D eigenvalue weighted by Gasteiger charge is -2.00. The lowest BCUT2D eigenvalue weighted by atomic mass is 10.1. The number of carbonyl (C=O) groups excluding carboxylic acids is 1. The van der Waals surface area contributed by atoms with Gasteiger partial charge in [-0.15, -0.1) is 0 Å². The average molecular weight is 235 g/mol. The summed E-state index contributed by atoms with van der Waals surface area (Å²) in [4.78, 5) is 11.8. The largest absolute Gasteiger partial charge is 0.508 e. The monoisotopic (exact) mass is 235 g/mol. The summed E-state index contributed by atoms with van der Waals surface area (Å²) in [5.74, 6) is -0.106. The molecule has 1 aromatic rings. The number of hydrogen-bond donors (Lipinski definition) is 3. The van der Waals surface area contributed by atoms with E-state index in [1.54, 1.807) is 0 Å². The van der Waals surface area contributed by atoms with Crippen molar-refractivity contribution in [3.8, 4) is 11.5 Å². The van der Waals surface area contributed by atoms with Gasteiger partial charge in [-0.25, -0.2) is 0 Å². The van der Waals surface area contributed by atoms with Gasteiger partial charge in [0.1, 0.15) is 11.5 Å². The second-order valence-electron chi connectivity index (χ2n) is 3.38. The molecule has 1 saturated heterocycles. The summed E-state index contributed by atoms with van der Waals surface area (Å²) in [6.07, 6.45) is 1.61.